The Bertz CT molecular complexity index is 643. The highest BCUT2D eigenvalue weighted by Gasteiger charge is 2.11. The fraction of sp³-hybridized carbons (Fsp3) is 0.176. The van der Waals surface area contributed by atoms with Gasteiger partial charge in [-0.1, -0.05) is 11.6 Å². The van der Waals surface area contributed by atoms with Crippen LogP contribution in [0.15, 0.2) is 48.5 Å². The van der Waals surface area contributed by atoms with Gasteiger partial charge in [-0.2, -0.15) is 0 Å². The van der Waals surface area contributed by atoms with Crippen molar-refractivity contribution in [1.29, 1.82) is 0 Å². The van der Waals surface area contributed by atoms with Crippen LogP contribution in [0.2, 0.25) is 5.02 Å². The van der Waals surface area contributed by atoms with E-state index in [2.05, 4.69) is 10.6 Å². The minimum absolute atomic E-state index is 0.0331. The van der Waals surface area contributed by atoms with E-state index in [-0.39, 0.29) is 30.7 Å². The molecule has 5 nitrogen and oxygen atoms in total. The molecule has 2 rings (SSSR count). The number of carbonyl (C=O) groups excluding carboxylic acids is 2. The van der Waals surface area contributed by atoms with E-state index >= 15 is 0 Å². The molecule has 126 valence electrons. The highest BCUT2D eigenvalue weighted by Crippen LogP contribution is 2.13. The van der Waals surface area contributed by atoms with Crippen LogP contribution in [0.25, 0.3) is 0 Å². The first-order chi connectivity index (χ1) is 11.4. The predicted molar refractivity (Wildman–Crippen MR) is 92.6 cm³/mol. The first-order valence-corrected chi connectivity index (χ1v) is 7.59. The summed E-state index contributed by atoms with van der Waals surface area (Å²) in [6.07, 6.45) is 0. The highest BCUT2D eigenvalue weighted by atomic mass is 35.5. The third kappa shape index (κ3) is 5.98. The number of nitrogens with zero attached hydrogens (tertiary/aromatic N) is 1. The molecule has 2 aromatic carbocycles. The van der Waals surface area contributed by atoms with Gasteiger partial charge in [0.05, 0.1) is 13.1 Å². The number of hydrogen-bond donors (Lipinski definition) is 2. The summed E-state index contributed by atoms with van der Waals surface area (Å²) in [5.41, 5.74) is 1.13. The van der Waals surface area contributed by atoms with Gasteiger partial charge in [0.2, 0.25) is 11.8 Å². The summed E-state index contributed by atoms with van der Waals surface area (Å²) in [7, 11) is 1.66. The molecule has 24 heavy (non-hydrogen) atoms. The number of hydrogen-bond acceptors (Lipinski definition) is 3. The molecule has 0 aliphatic rings. The van der Waals surface area contributed by atoms with Crippen LogP contribution in [-0.4, -0.2) is 36.9 Å². The first-order valence-electron chi connectivity index (χ1n) is 7.22. The fourth-order valence-corrected chi connectivity index (χ4v) is 2.14. The summed E-state index contributed by atoms with van der Waals surface area (Å²) in [5, 5.41) is 5.94. The second-order valence-electron chi connectivity index (χ2n) is 5.28. The predicted octanol–water partition coefficient (Wildman–Crippen LogP) is 2.99. The van der Waals surface area contributed by atoms with Gasteiger partial charge in [-0.05, 0) is 55.6 Å². The Morgan fingerprint density at radius 3 is 1.79 bits per heavy atom. The van der Waals surface area contributed by atoms with Crippen LogP contribution in [0, 0.1) is 5.82 Å². The molecular weight excluding hydrogens is 333 g/mol. The van der Waals surface area contributed by atoms with Crippen LogP contribution in [0.3, 0.4) is 0 Å². The van der Waals surface area contributed by atoms with Crippen LogP contribution < -0.4 is 10.6 Å². The number of likely N-dealkylation sites (N-methyl/N-ethyl adjacent to an activating group) is 1. The molecule has 0 unspecified atom stereocenters. The Balaban J connectivity index is 1.78. The third-order valence-corrected chi connectivity index (χ3v) is 3.33. The molecule has 0 aliphatic heterocycles. The molecule has 0 radical (unpaired) electrons. The molecule has 2 aromatic rings. The van der Waals surface area contributed by atoms with Gasteiger partial charge in [0, 0.05) is 16.4 Å². The lowest BCUT2D eigenvalue weighted by molar-refractivity contribution is -0.119. The van der Waals surface area contributed by atoms with E-state index < -0.39 is 0 Å². The van der Waals surface area contributed by atoms with E-state index in [1.807, 2.05) is 0 Å². The van der Waals surface area contributed by atoms with Crippen molar-refractivity contribution in [2.45, 2.75) is 0 Å². The number of carbonyl (C=O) groups is 2. The van der Waals surface area contributed by atoms with Gasteiger partial charge >= 0.3 is 0 Å². The first kappa shape index (κ1) is 17.9. The highest BCUT2D eigenvalue weighted by molar-refractivity contribution is 6.30. The minimum Gasteiger partial charge on any atom is -0.325 e. The Labute approximate surface area is 144 Å². The van der Waals surface area contributed by atoms with Gasteiger partial charge in [-0.3, -0.25) is 14.5 Å². The van der Waals surface area contributed by atoms with Crippen LogP contribution in [-0.2, 0) is 9.59 Å². The molecular formula is C17H17ClFN3O2. The van der Waals surface area contributed by atoms with Gasteiger partial charge in [0.15, 0.2) is 0 Å². The number of amides is 2. The molecule has 0 aliphatic carbocycles. The summed E-state index contributed by atoms with van der Waals surface area (Å²) in [6, 6.07) is 12.2. The van der Waals surface area contributed by atoms with E-state index in [1.165, 1.54) is 24.3 Å². The third-order valence-electron chi connectivity index (χ3n) is 3.08. The molecule has 2 amide bonds. The van der Waals surface area contributed by atoms with E-state index in [9.17, 15) is 14.0 Å². The standard InChI is InChI=1S/C17H17ClFN3O2/c1-22(10-16(23)20-14-6-2-12(18)3-7-14)11-17(24)21-15-8-4-13(19)5-9-15/h2-9H,10-11H2,1H3,(H,20,23)(H,21,24). The average molecular weight is 350 g/mol. The van der Waals surface area contributed by atoms with Gasteiger partial charge in [-0.15, -0.1) is 0 Å². The van der Waals surface area contributed by atoms with Crippen molar-refractivity contribution >= 4 is 34.8 Å². The van der Waals surface area contributed by atoms with Crippen molar-refractivity contribution in [3.63, 3.8) is 0 Å². The van der Waals surface area contributed by atoms with Gasteiger partial charge < -0.3 is 10.6 Å². The number of halogens is 2. The van der Waals surface area contributed by atoms with Crippen molar-refractivity contribution in [2.75, 3.05) is 30.8 Å². The zero-order valence-corrected chi connectivity index (χ0v) is 13.8. The van der Waals surface area contributed by atoms with Gasteiger partial charge in [0.25, 0.3) is 0 Å². The van der Waals surface area contributed by atoms with E-state index in [1.54, 1.807) is 36.2 Å². The van der Waals surface area contributed by atoms with Crippen LogP contribution in [0.4, 0.5) is 15.8 Å². The molecule has 0 fully saturated rings. The van der Waals surface area contributed by atoms with E-state index in [0.717, 1.165) is 0 Å². The Hall–Kier alpha value is -2.44. The van der Waals surface area contributed by atoms with Crippen molar-refractivity contribution < 1.29 is 14.0 Å². The minimum atomic E-state index is -0.371. The maximum atomic E-state index is 12.8. The van der Waals surface area contributed by atoms with Crippen molar-refractivity contribution in [2.24, 2.45) is 0 Å². The maximum Gasteiger partial charge on any atom is 0.238 e. The summed E-state index contributed by atoms with van der Waals surface area (Å²) < 4.78 is 12.8. The second-order valence-corrected chi connectivity index (χ2v) is 5.72. The largest absolute Gasteiger partial charge is 0.325 e. The van der Waals surface area contributed by atoms with Crippen LogP contribution >= 0.6 is 11.6 Å². The SMILES string of the molecule is CN(CC(=O)Nc1ccc(F)cc1)CC(=O)Nc1ccc(Cl)cc1. The fourth-order valence-electron chi connectivity index (χ4n) is 2.01. The summed E-state index contributed by atoms with van der Waals surface area (Å²) in [4.78, 5) is 25.4. The Morgan fingerprint density at radius 1 is 0.917 bits per heavy atom. The molecule has 0 aromatic heterocycles. The van der Waals surface area contributed by atoms with Crippen molar-refractivity contribution in [3.05, 3.63) is 59.4 Å². The molecule has 0 atom stereocenters. The number of nitrogens with one attached hydrogen (secondary N) is 2. The summed E-state index contributed by atoms with van der Waals surface area (Å²) in [5.74, 6) is -0.901. The zero-order valence-electron chi connectivity index (χ0n) is 13.1. The van der Waals surface area contributed by atoms with E-state index in [0.29, 0.717) is 16.4 Å². The maximum absolute atomic E-state index is 12.8. The van der Waals surface area contributed by atoms with Crippen molar-refractivity contribution in [1.82, 2.24) is 4.90 Å². The zero-order chi connectivity index (χ0) is 17.5. The lowest BCUT2D eigenvalue weighted by Gasteiger charge is -2.16. The van der Waals surface area contributed by atoms with E-state index in [4.69, 9.17) is 11.6 Å². The molecule has 2 N–H and O–H groups in total. The normalized spacial score (nSPS) is 10.5. The average Bonchev–Trinajstić information content (AvgIpc) is 2.51. The number of benzene rings is 2. The van der Waals surface area contributed by atoms with Crippen molar-refractivity contribution in [3.8, 4) is 0 Å². The molecule has 0 saturated carbocycles. The second kappa shape index (κ2) is 8.42. The molecule has 0 saturated heterocycles. The lowest BCUT2D eigenvalue weighted by Crippen LogP contribution is -2.36. The van der Waals surface area contributed by atoms with Crippen LogP contribution in [0.1, 0.15) is 0 Å². The number of rotatable bonds is 6. The Kier molecular flexibility index (Phi) is 6.28. The summed E-state index contributed by atoms with van der Waals surface area (Å²) in [6.45, 7) is 0.0882. The Morgan fingerprint density at radius 2 is 1.33 bits per heavy atom. The lowest BCUT2D eigenvalue weighted by atomic mass is 10.3. The summed E-state index contributed by atoms with van der Waals surface area (Å²) >= 11 is 5.78. The smallest absolute Gasteiger partial charge is 0.238 e. The monoisotopic (exact) mass is 349 g/mol. The van der Waals surface area contributed by atoms with Gasteiger partial charge in [-0.25, -0.2) is 4.39 Å². The quantitative estimate of drug-likeness (QED) is 0.842. The number of anilines is 2. The molecule has 0 heterocycles. The van der Waals surface area contributed by atoms with Crippen LogP contribution in [0.5, 0.6) is 0 Å². The molecule has 0 bridgehead atoms. The topological polar surface area (TPSA) is 61.4 Å². The molecule has 0 spiro atoms. The molecule has 7 heteroatoms. The van der Waals surface area contributed by atoms with Gasteiger partial charge in [0.1, 0.15) is 5.82 Å².